The molecule has 1 aliphatic rings. The van der Waals surface area contributed by atoms with Crippen molar-refractivity contribution in [1.29, 1.82) is 0 Å². The molecule has 0 radical (unpaired) electrons. The number of nitrogens with zero attached hydrogens (tertiary/aromatic N) is 4. The molecule has 0 fully saturated rings. The zero-order valence-corrected chi connectivity index (χ0v) is 19.0. The number of aromatic nitrogens is 3. The van der Waals surface area contributed by atoms with Gasteiger partial charge in [0.05, 0.1) is 11.2 Å². The molecule has 0 atom stereocenters. The first-order valence-corrected chi connectivity index (χ1v) is 11.0. The van der Waals surface area contributed by atoms with Gasteiger partial charge in [-0.05, 0) is 69.8 Å². The van der Waals surface area contributed by atoms with Crippen LogP contribution in [0.15, 0.2) is 54.9 Å². The van der Waals surface area contributed by atoms with E-state index in [4.69, 9.17) is 0 Å². The molecule has 0 amide bonds. The van der Waals surface area contributed by atoms with Gasteiger partial charge in [0.1, 0.15) is 0 Å². The van der Waals surface area contributed by atoms with Crippen LogP contribution in [-0.4, -0.2) is 33.0 Å². The predicted molar refractivity (Wildman–Crippen MR) is 128 cm³/mol. The SMILES string of the molecule is Cc1ccc2c(c1)c1c(n2C(=C(F)c2ccc(C)nc2)c2ccc(C)nc2)CCN(C)C1. The molecule has 32 heavy (non-hydrogen) atoms. The molecule has 3 aromatic heterocycles. The van der Waals surface area contributed by atoms with Crippen LogP contribution in [0, 0.1) is 20.8 Å². The summed E-state index contributed by atoms with van der Waals surface area (Å²) >= 11 is 0. The van der Waals surface area contributed by atoms with Crippen molar-refractivity contribution in [2.75, 3.05) is 13.6 Å². The minimum atomic E-state index is -0.289. The molecule has 4 heterocycles. The van der Waals surface area contributed by atoms with Crippen LogP contribution < -0.4 is 0 Å². The third-order valence-corrected chi connectivity index (χ3v) is 6.28. The molecule has 0 unspecified atom stereocenters. The van der Waals surface area contributed by atoms with Gasteiger partial charge < -0.3 is 9.47 Å². The van der Waals surface area contributed by atoms with Crippen molar-refractivity contribution in [2.45, 2.75) is 33.7 Å². The number of fused-ring (bicyclic) bond motifs is 3. The molecule has 0 aliphatic carbocycles. The molecular weight excluding hydrogens is 399 g/mol. The number of hydrogen-bond donors (Lipinski definition) is 0. The van der Waals surface area contributed by atoms with Crippen molar-refractivity contribution in [2.24, 2.45) is 0 Å². The maximum atomic E-state index is 16.3. The Morgan fingerprint density at radius 1 is 0.906 bits per heavy atom. The van der Waals surface area contributed by atoms with Crippen LogP contribution in [0.25, 0.3) is 22.4 Å². The predicted octanol–water partition coefficient (Wildman–Crippen LogP) is 5.69. The fourth-order valence-corrected chi connectivity index (χ4v) is 4.56. The normalized spacial score (nSPS) is 15.0. The second-order valence-corrected chi connectivity index (χ2v) is 8.81. The number of aryl methyl sites for hydroxylation is 3. The van der Waals surface area contributed by atoms with Crippen molar-refractivity contribution in [3.63, 3.8) is 0 Å². The highest BCUT2D eigenvalue weighted by Gasteiger charge is 2.27. The smallest absolute Gasteiger partial charge is 0.156 e. The molecule has 1 aliphatic heterocycles. The quantitative estimate of drug-likeness (QED) is 0.422. The van der Waals surface area contributed by atoms with E-state index in [9.17, 15) is 0 Å². The summed E-state index contributed by atoms with van der Waals surface area (Å²) in [5, 5.41) is 1.19. The van der Waals surface area contributed by atoms with Gasteiger partial charge in [-0.15, -0.1) is 0 Å². The number of likely N-dealkylation sites (N-methyl/N-ethyl adjacent to an activating group) is 1. The lowest BCUT2D eigenvalue weighted by Crippen LogP contribution is -2.27. The minimum absolute atomic E-state index is 0.289. The number of hydrogen-bond acceptors (Lipinski definition) is 3. The van der Waals surface area contributed by atoms with Crippen LogP contribution in [0.4, 0.5) is 4.39 Å². The largest absolute Gasteiger partial charge is 0.310 e. The Labute approximate surface area is 188 Å². The van der Waals surface area contributed by atoms with E-state index < -0.39 is 0 Å². The molecule has 0 N–H and O–H groups in total. The number of benzene rings is 1. The van der Waals surface area contributed by atoms with E-state index in [1.807, 2.05) is 32.0 Å². The number of halogens is 1. The second-order valence-electron chi connectivity index (χ2n) is 8.81. The van der Waals surface area contributed by atoms with Crippen molar-refractivity contribution in [1.82, 2.24) is 19.4 Å². The summed E-state index contributed by atoms with van der Waals surface area (Å²) < 4.78 is 18.4. The van der Waals surface area contributed by atoms with Crippen LogP contribution in [0.2, 0.25) is 0 Å². The maximum Gasteiger partial charge on any atom is 0.156 e. The molecule has 1 aromatic carbocycles. The molecule has 0 spiro atoms. The van der Waals surface area contributed by atoms with Crippen LogP contribution in [0.5, 0.6) is 0 Å². The average Bonchev–Trinajstić information content (AvgIpc) is 3.08. The van der Waals surface area contributed by atoms with E-state index >= 15 is 4.39 Å². The van der Waals surface area contributed by atoms with E-state index in [-0.39, 0.29) is 5.83 Å². The lowest BCUT2D eigenvalue weighted by molar-refractivity contribution is 0.311. The van der Waals surface area contributed by atoms with Gasteiger partial charge in [0, 0.05) is 65.5 Å². The molecule has 0 saturated carbocycles. The maximum absolute atomic E-state index is 16.3. The lowest BCUT2D eigenvalue weighted by Gasteiger charge is -2.25. The van der Waals surface area contributed by atoms with E-state index in [1.54, 1.807) is 18.5 Å². The highest BCUT2D eigenvalue weighted by atomic mass is 19.1. The fourth-order valence-electron chi connectivity index (χ4n) is 4.56. The molecule has 4 aromatic rings. The zero-order chi connectivity index (χ0) is 22.4. The third kappa shape index (κ3) is 3.53. The van der Waals surface area contributed by atoms with E-state index in [0.29, 0.717) is 11.3 Å². The molecule has 0 saturated heterocycles. The van der Waals surface area contributed by atoms with Gasteiger partial charge in [0.2, 0.25) is 0 Å². The Hall–Kier alpha value is -3.31. The monoisotopic (exact) mass is 426 g/mol. The summed E-state index contributed by atoms with van der Waals surface area (Å²) in [6.07, 6.45) is 4.25. The van der Waals surface area contributed by atoms with E-state index in [1.165, 1.54) is 22.2 Å². The first-order chi connectivity index (χ1) is 15.4. The zero-order valence-electron chi connectivity index (χ0n) is 19.0. The second kappa shape index (κ2) is 7.99. The molecular formula is C27H27FN4. The minimum Gasteiger partial charge on any atom is -0.310 e. The summed E-state index contributed by atoms with van der Waals surface area (Å²) in [6, 6.07) is 14.0. The first-order valence-electron chi connectivity index (χ1n) is 11.0. The molecule has 162 valence electrons. The third-order valence-electron chi connectivity index (χ3n) is 6.28. The first kappa shape index (κ1) is 20.6. The van der Waals surface area contributed by atoms with Gasteiger partial charge in [-0.25, -0.2) is 4.39 Å². The van der Waals surface area contributed by atoms with Crippen molar-refractivity contribution >= 4 is 22.4 Å². The summed E-state index contributed by atoms with van der Waals surface area (Å²) in [5.41, 5.74) is 8.22. The van der Waals surface area contributed by atoms with Gasteiger partial charge in [-0.1, -0.05) is 11.6 Å². The Kier molecular flexibility index (Phi) is 5.14. The van der Waals surface area contributed by atoms with Gasteiger partial charge in [0.15, 0.2) is 5.83 Å². The fraction of sp³-hybridized carbons (Fsp3) is 0.259. The van der Waals surface area contributed by atoms with Crippen LogP contribution in [-0.2, 0) is 13.0 Å². The van der Waals surface area contributed by atoms with Crippen molar-refractivity contribution < 1.29 is 4.39 Å². The summed E-state index contributed by atoms with van der Waals surface area (Å²) in [4.78, 5) is 11.1. The molecule has 0 bridgehead atoms. The van der Waals surface area contributed by atoms with Crippen LogP contribution in [0.3, 0.4) is 0 Å². The average molecular weight is 427 g/mol. The molecule has 4 nitrogen and oxygen atoms in total. The lowest BCUT2D eigenvalue weighted by atomic mass is 10.0. The molecule has 5 heteroatoms. The highest BCUT2D eigenvalue weighted by molar-refractivity contribution is 5.96. The Bertz CT molecular complexity index is 1330. The van der Waals surface area contributed by atoms with Gasteiger partial charge in [0.25, 0.3) is 0 Å². The highest BCUT2D eigenvalue weighted by Crippen LogP contribution is 2.38. The van der Waals surface area contributed by atoms with E-state index in [2.05, 4.69) is 51.6 Å². The summed E-state index contributed by atoms with van der Waals surface area (Å²) in [5.74, 6) is -0.289. The van der Waals surface area contributed by atoms with Crippen molar-refractivity contribution in [3.8, 4) is 0 Å². The Morgan fingerprint density at radius 3 is 2.25 bits per heavy atom. The van der Waals surface area contributed by atoms with Crippen LogP contribution >= 0.6 is 0 Å². The van der Waals surface area contributed by atoms with Gasteiger partial charge >= 0.3 is 0 Å². The molecule has 5 rings (SSSR count). The van der Waals surface area contributed by atoms with E-state index in [0.717, 1.165) is 42.0 Å². The van der Waals surface area contributed by atoms with Gasteiger partial charge in [-0.2, -0.15) is 0 Å². The van der Waals surface area contributed by atoms with Crippen molar-refractivity contribution in [3.05, 3.63) is 94.2 Å². The Balaban J connectivity index is 1.86. The van der Waals surface area contributed by atoms with Crippen LogP contribution in [0.1, 0.15) is 39.3 Å². The standard InChI is InChI=1S/C27H27FN4/c1-17-5-10-24-22(13-17)23-16-31(4)12-11-25(23)32(24)27(21-9-7-19(3)30-15-21)26(28)20-8-6-18(2)29-14-20/h5-10,13-15H,11-12,16H2,1-4H3. The number of rotatable bonds is 3. The summed E-state index contributed by atoms with van der Waals surface area (Å²) in [7, 11) is 2.14. The van der Waals surface area contributed by atoms with Gasteiger partial charge in [-0.3, -0.25) is 9.97 Å². The topological polar surface area (TPSA) is 34.0 Å². The summed E-state index contributed by atoms with van der Waals surface area (Å²) in [6.45, 7) is 7.75. The number of pyridine rings is 2. The Morgan fingerprint density at radius 2 is 1.59 bits per heavy atom.